The van der Waals surface area contributed by atoms with Gasteiger partial charge in [0.15, 0.2) is 0 Å². The maximum absolute atomic E-state index is 3.77. The predicted molar refractivity (Wildman–Crippen MR) is 177 cm³/mol. The van der Waals surface area contributed by atoms with Crippen molar-refractivity contribution in [2.75, 3.05) is 5.32 Å². The smallest absolute Gasteiger partial charge is 0.0541 e. The van der Waals surface area contributed by atoms with Crippen LogP contribution in [0, 0.1) is 0 Å². The largest absolute Gasteiger partial charge is 0.355 e. The van der Waals surface area contributed by atoms with Crippen molar-refractivity contribution in [3.05, 3.63) is 145 Å². The van der Waals surface area contributed by atoms with Gasteiger partial charge in [-0.05, 0) is 71.8 Å². The van der Waals surface area contributed by atoms with Crippen LogP contribution >= 0.6 is 0 Å². The summed E-state index contributed by atoms with van der Waals surface area (Å²) >= 11 is 0. The van der Waals surface area contributed by atoms with Crippen molar-refractivity contribution in [3.8, 4) is 11.4 Å². The highest BCUT2D eigenvalue weighted by atomic mass is 15.0. The van der Waals surface area contributed by atoms with Crippen LogP contribution in [-0.2, 0) is 5.41 Å². The number of anilines is 2. The second-order valence-corrected chi connectivity index (χ2v) is 11.9. The fraction of sp³-hybridized carbons (Fsp3) is 0.0769. The Labute approximate surface area is 244 Å². The van der Waals surface area contributed by atoms with Gasteiger partial charge in [0.2, 0.25) is 0 Å². The number of nitrogens with zero attached hydrogens (tertiary/aromatic N) is 2. The molecule has 0 saturated carbocycles. The van der Waals surface area contributed by atoms with Gasteiger partial charge in [-0.25, -0.2) is 0 Å². The van der Waals surface area contributed by atoms with Gasteiger partial charge in [-0.2, -0.15) is 0 Å². The van der Waals surface area contributed by atoms with Crippen LogP contribution in [-0.4, -0.2) is 9.13 Å². The summed E-state index contributed by atoms with van der Waals surface area (Å²) in [6, 6.07) is 48.6. The van der Waals surface area contributed by atoms with Crippen molar-refractivity contribution < 1.29 is 0 Å². The Kier molecular flexibility index (Phi) is 4.67. The Hall–Kier alpha value is -5.28. The van der Waals surface area contributed by atoms with Gasteiger partial charge in [0, 0.05) is 49.7 Å². The molecule has 0 spiro atoms. The van der Waals surface area contributed by atoms with Crippen LogP contribution in [0.1, 0.15) is 25.0 Å². The van der Waals surface area contributed by atoms with E-state index in [0.29, 0.717) is 0 Å². The highest BCUT2D eigenvalue weighted by Gasteiger charge is 2.33. The molecule has 0 unspecified atom stereocenters. The molecule has 0 fully saturated rings. The van der Waals surface area contributed by atoms with Gasteiger partial charge in [0.05, 0.1) is 22.1 Å². The van der Waals surface area contributed by atoms with Crippen LogP contribution in [0.3, 0.4) is 0 Å². The minimum Gasteiger partial charge on any atom is -0.355 e. The maximum Gasteiger partial charge on any atom is 0.0541 e. The number of aromatic nitrogens is 2. The Morgan fingerprint density at radius 2 is 0.762 bits per heavy atom. The third-order valence-corrected chi connectivity index (χ3v) is 9.30. The molecule has 6 aromatic carbocycles. The number of rotatable bonds is 2. The van der Waals surface area contributed by atoms with Gasteiger partial charge >= 0.3 is 0 Å². The number of benzene rings is 6. The van der Waals surface area contributed by atoms with Gasteiger partial charge in [0.1, 0.15) is 0 Å². The molecule has 0 atom stereocenters. The highest BCUT2D eigenvalue weighted by molar-refractivity contribution is 6.10. The number of nitrogens with one attached hydrogen (secondary N) is 1. The lowest BCUT2D eigenvalue weighted by Gasteiger charge is -2.36. The zero-order valence-corrected chi connectivity index (χ0v) is 23.6. The predicted octanol–water partition coefficient (Wildman–Crippen LogP) is 10.3. The average molecular weight is 540 g/mol. The first-order valence-electron chi connectivity index (χ1n) is 14.6. The molecule has 1 N–H and O–H groups in total. The zero-order valence-electron chi connectivity index (χ0n) is 23.6. The molecule has 8 aromatic rings. The summed E-state index contributed by atoms with van der Waals surface area (Å²) in [5.74, 6) is 0. The molecule has 3 heteroatoms. The van der Waals surface area contributed by atoms with Gasteiger partial charge in [-0.3, -0.25) is 0 Å². The molecule has 0 radical (unpaired) electrons. The molecule has 1 aliphatic rings. The van der Waals surface area contributed by atoms with Crippen LogP contribution in [0.2, 0.25) is 0 Å². The van der Waals surface area contributed by atoms with Crippen molar-refractivity contribution in [1.82, 2.24) is 9.13 Å². The van der Waals surface area contributed by atoms with Crippen LogP contribution in [0.4, 0.5) is 11.4 Å². The zero-order chi connectivity index (χ0) is 28.0. The lowest BCUT2D eigenvalue weighted by molar-refractivity contribution is 0.637. The molecular formula is C39H29N3. The average Bonchev–Trinajstić information content (AvgIpc) is 3.54. The van der Waals surface area contributed by atoms with Crippen molar-refractivity contribution in [2.45, 2.75) is 19.3 Å². The minimum absolute atomic E-state index is 0.209. The second kappa shape index (κ2) is 8.37. The normalized spacial score (nSPS) is 13.9. The molecule has 0 aliphatic carbocycles. The summed E-state index contributed by atoms with van der Waals surface area (Å²) in [6.07, 6.45) is 0. The summed E-state index contributed by atoms with van der Waals surface area (Å²) in [4.78, 5) is 0. The Bertz CT molecular complexity index is 2090. The molecule has 2 aromatic heterocycles. The summed E-state index contributed by atoms with van der Waals surface area (Å²) in [5.41, 5.74) is 12.0. The van der Waals surface area contributed by atoms with Crippen LogP contribution in [0.5, 0.6) is 0 Å². The van der Waals surface area contributed by atoms with Crippen molar-refractivity contribution in [1.29, 1.82) is 0 Å². The second-order valence-electron chi connectivity index (χ2n) is 11.9. The number of fused-ring (bicyclic) bond motifs is 8. The molecule has 0 bridgehead atoms. The fourth-order valence-corrected chi connectivity index (χ4v) is 7.29. The minimum atomic E-state index is -0.209. The molecule has 9 rings (SSSR count). The van der Waals surface area contributed by atoms with Gasteiger partial charge in [0.25, 0.3) is 0 Å². The van der Waals surface area contributed by atoms with Crippen molar-refractivity contribution in [2.24, 2.45) is 0 Å². The maximum atomic E-state index is 3.77. The monoisotopic (exact) mass is 539 g/mol. The van der Waals surface area contributed by atoms with E-state index in [9.17, 15) is 0 Å². The van der Waals surface area contributed by atoms with E-state index in [-0.39, 0.29) is 5.41 Å². The molecule has 0 amide bonds. The van der Waals surface area contributed by atoms with E-state index in [2.05, 4.69) is 162 Å². The SMILES string of the molecule is CC1(C)c2cc(-n3c4ccccc4c4ccccc43)ccc2Nc2ccc(-n3c4ccccc4c4ccccc43)cc21. The molecule has 42 heavy (non-hydrogen) atoms. The van der Waals surface area contributed by atoms with E-state index in [1.807, 2.05) is 0 Å². The van der Waals surface area contributed by atoms with Crippen LogP contribution < -0.4 is 5.32 Å². The lowest BCUT2D eigenvalue weighted by atomic mass is 9.74. The Morgan fingerprint density at radius 3 is 1.12 bits per heavy atom. The van der Waals surface area contributed by atoms with Gasteiger partial charge in [-0.15, -0.1) is 0 Å². The first-order valence-corrected chi connectivity index (χ1v) is 14.6. The van der Waals surface area contributed by atoms with Gasteiger partial charge < -0.3 is 14.5 Å². The quantitative estimate of drug-likeness (QED) is 0.232. The van der Waals surface area contributed by atoms with E-state index >= 15 is 0 Å². The summed E-state index contributed by atoms with van der Waals surface area (Å²) < 4.78 is 4.82. The first kappa shape index (κ1) is 23.4. The molecule has 3 nitrogen and oxygen atoms in total. The van der Waals surface area contributed by atoms with E-state index in [0.717, 1.165) is 0 Å². The van der Waals surface area contributed by atoms with Gasteiger partial charge in [-0.1, -0.05) is 86.6 Å². The standard InChI is InChI=1S/C39H29N3/c1-39(2)31-23-25(41-35-15-7-3-11-27(35)28-12-4-8-16-36(28)41)19-21-33(31)40-34-22-20-26(24-32(34)39)42-37-17-9-5-13-29(37)30-14-6-10-18-38(30)42/h3-24,40H,1-2H3. The van der Waals surface area contributed by atoms with E-state index in [1.54, 1.807) is 0 Å². The Balaban J connectivity index is 1.24. The van der Waals surface area contributed by atoms with Crippen molar-refractivity contribution in [3.63, 3.8) is 0 Å². The van der Waals surface area contributed by atoms with E-state index < -0.39 is 0 Å². The summed E-state index contributed by atoms with van der Waals surface area (Å²) in [6.45, 7) is 4.72. The Morgan fingerprint density at radius 1 is 0.429 bits per heavy atom. The fourth-order valence-electron chi connectivity index (χ4n) is 7.29. The first-order chi connectivity index (χ1) is 20.6. The highest BCUT2D eigenvalue weighted by Crippen LogP contribution is 2.47. The molecule has 1 aliphatic heterocycles. The van der Waals surface area contributed by atoms with Crippen LogP contribution in [0.15, 0.2) is 133 Å². The molecule has 3 heterocycles. The molecule has 200 valence electrons. The summed E-state index contributed by atoms with van der Waals surface area (Å²) in [7, 11) is 0. The molecule has 0 saturated heterocycles. The third-order valence-electron chi connectivity index (χ3n) is 9.30. The lowest BCUT2D eigenvalue weighted by Crippen LogP contribution is -2.26. The number of hydrogen-bond donors (Lipinski definition) is 1. The van der Waals surface area contributed by atoms with E-state index in [1.165, 1.54) is 77.5 Å². The number of para-hydroxylation sites is 4. The summed E-state index contributed by atoms with van der Waals surface area (Å²) in [5, 5.41) is 8.90. The topological polar surface area (TPSA) is 21.9 Å². The van der Waals surface area contributed by atoms with E-state index in [4.69, 9.17) is 0 Å². The third kappa shape index (κ3) is 3.11. The molecular weight excluding hydrogens is 510 g/mol. The van der Waals surface area contributed by atoms with Crippen molar-refractivity contribution >= 4 is 55.0 Å². The van der Waals surface area contributed by atoms with Crippen LogP contribution in [0.25, 0.3) is 55.0 Å². The number of hydrogen-bond acceptors (Lipinski definition) is 1.